The van der Waals surface area contributed by atoms with Crippen LogP contribution in [0.25, 0.3) is 0 Å². The second-order valence-corrected chi connectivity index (χ2v) is 5.98. The molecule has 19 heavy (non-hydrogen) atoms. The van der Waals surface area contributed by atoms with Crippen LogP contribution in [0.5, 0.6) is 0 Å². The summed E-state index contributed by atoms with van der Waals surface area (Å²) >= 11 is 0. The topological polar surface area (TPSA) is 41.6 Å². The molecule has 0 radical (unpaired) electrons. The lowest BCUT2D eigenvalue weighted by molar-refractivity contribution is 0.187. The Balaban J connectivity index is 1.94. The van der Waals surface area contributed by atoms with Gasteiger partial charge in [0.15, 0.2) is 5.96 Å². The van der Waals surface area contributed by atoms with E-state index >= 15 is 0 Å². The van der Waals surface area contributed by atoms with E-state index in [0.717, 1.165) is 31.4 Å². The van der Waals surface area contributed by atoms with Crippen molar-refractivity contribution in [1.29, 1.82) is 0 Å². The van der Waals surface area contributed by atoms with Crippen LogP contribution >= 0.6 is 0 Å². The number of nitrogens with two attached hydrogens (primary N) is 1. The summed E-state index contributed by atoms with van der Waals surface area (Å²) in [6.07, 6.45) is 3.74. The lowest BCUT2D eigenvalue weighted by Gasteiger charge is -2.39. The number of benzene rings is 1. The van der Waals surface area contributed by atoms with Crippen molar-refractivity contribution in [3.8, 4) is 0 Å². The SMILES string of the molecule is CCC1(c2ccc(C)cc2)CN=C(N)N1CC1CC1. The molecule has 0 amide bonds. The molecule has 3 heteroatoms. The average Bonchev–Trinajstić information content (AvgIpc) is 3.18. The molecule has 3 rings (SSSR count). The van der Waals surface area contributed by atoms with Gasteiger partial charge in [0, 0.05) is 6.54 Å². The Bertz CT molecular complexity index is 487. The van der Waals surface area contributed by atoms with Gasteiger partial charge in [-0.15, -0.1) is 0 Å². The van der Waals surface area contributed by atoms with Crippen molar-refractivity contribution in [3.05, 3.63) is 35.4 Å². The number of hydrogen-bond donors (Lipinski definition) is 1. The van der Waals surface area contributed by atoms with Crippen LogP contribution in [0.4, 0.5) is 0 Å². The summed E-state index contributed by atoms with van der Waals surface area (Å²) in [5.74, 6) is 1.55. The first kappa shape index (κ1) is 12.5. The molecule has 1 unspecified atom stereocenters. The summed E-state index contributed by atoms with van der Waals surface area (Å²) in [7, 11) is 0. The Morgan fingerprint density at radius 1 is 1.32 bits per heavy atom. The van der Waals surface area contributed by atoms with E-state index in [9.17, 15) is 0 Å². The molecule has 2 aliphatic rings. The summed E-state index contributed by atoms with van der Waals surface area (Å²) < 4.78 is 0. The minimum absolute atomic E-state index is 0.0135. The molecule has 1 aliphatic heterocycles. The zero-order chi connectivity index (χ0) is 13.5. The fourth-order valence-corrected chi connectivity index (χ4v) is 3.05. The lowest BCUT2D eigenvalue weighted by Crippen LogP contribution is -2.49. The van der Waals surface area contributed by atoms with Gasteiger partial charge in [0.05, 0.1) is 12.1 Å². The van der Waals surface area contributed by atoms with Crippen molar-refractivity contribution in [2.45, 2.75) is 38.6 Å². The van der Waals surface area contributed by atoms with Gasteiger partial charge in [-0.05, 0) is 37.7 Å². The number of rotatable bonds is 4. The van der Waals surface area contributed by atoms with Crippen LogP contribution in [0, 0.1) is 12.8 Å². The molecule has 1 atom stereocenters. The predicted octanol–water partition coefficient (Wildman–Crippen LogP) is 2.64. The molecular formula is C16H23N3. The van der Waals surface area contributed by atoms with E-state index in [2.05, 4.69) is 48.0 Å². The second-order valence-electron chi connectivity index (χ2n) is 5.98. The first-order valence-electron chi connectivity index (χ1n) is 7.30. The van der Waals surface area contributed by atoms with E-state index in [0.29, 0.717) is 0 Å². The van der Waals surface area contributed by atoms with Crippen LogP contribution in [-0.2, 0) is 5.54 Å². The molecule has 1 fully saturated rings. The van der Waals surface area contributed by atoms with Crippen molar-refractivity contribution < 1.29 is 0 Å². The zero-order valence-electron chi connectivity index (χ0n) is 11.9. The van der Waals surface area contributed by atoms with E-state index in [1.54, 1.807) is 0 Å². The fourth-order valence-electron chi connectivity index (χ4n) is 3.05. The fraction of sp³-hybridized carbons (Fsp3) is 0.562. The van der Waals surface area contributed by atoms with E-state index in [-0.39, 0.29) is 5.54 Å². The summed E-state index contributed by atoms with van der Waals surface area (Å²) in [6, 6.07) is 8.87. The van der Waals surface area contributed by atoms with Gasteiger partial charge in [0.2, 0.25) is 0 Å². The van der Waals surface area contributed by atoms with Crippen molar-refractivity contribution in [3.63, 3.8) is 0 Å². The molecule has 1 aromatic rings. The van der Waals surface area contributed by atoms with E-state index in [1.807, 2.05) is 0 Å². The molecule has 0 saturated heterocycles. The maximum atomic E-state index is 6.15. The third-order valence-corrected chi connectivity index (χ3v) is 4.61. The Morgan fingerprint density at radius 2 is 2.00 bits per heavy atom. The standard InChI is InChI=1S/C16H23N3/c1-3-16(14-8-4-12(2)5-9-14)11-18-15(17)19(16)10-13-6-7-13/h4-5,8-9,13H,3,6-7,10-11H2,1-2H3,(H2,17,18). The van der Waals surface area contributed by atoms with Gasteiger partial charge in [0.1, 0.15) is 0 Å². The lowest BCUT2D eigenvalue weighted by atomic mass is 9.85. The minimum Gasteiger partial charge on any atom is -0.370 e. The maximum absolute atomic E-state index is 6.15. The highest BCUT2D eigenvalue weighted by molar-refractivity contribution is 5.81. The van der Waals surface area contributed by atoms with E-state index < -0.39 is 0 Å². The number of hydrogen-bond acceptors (Lipinski definition) is 3. The third-order valence-electron chi connectivity index (χ3n) is 4.61. The largest absolute Gasteiger partial charge is 0.370 e. The van der Waals surface area contributed by atoms with Gasteiger partial charge in [-0.1, -0.05) is 36.8 Å². The van der Waals surface area contributed by atoms with Crippen LogP contribution in [-0.4, -0.2) is 23.9 Å². The number of guanidine groups is 1. The molecule has 1 saturated carbocycles. The summed E-state index contributed by atoms with van der Waals surface area (Å²) in [4.78, 5) is 6.90. The Kier molecular flexibility index (Phi) is 3.00. The minimum atomic E-state index is -0.0135. The molecule has 2 N–H and O–H groups in total. The number of aliphatic imine (C=N–C) groups is 1. The highest BCUT2D eigenvalue weighted by Gasteiger charge is 2.44. The van der Waals surface area contributed by atoms with E-state index in [4.69, 9.17) is 5.73 Å². The van der Waals surface area contributed by atoms with Crippen LogP contribution in [0.3, 0.4) is 0 Å². The van der Waals surface area contributed by atoms with Crippen molar-refractivity contribution in [1.82, 2.24) is 4.90 Å². The Hall–Kier alpha value is -1.51. The van der Waals surface area contributed by atoms with Gasteiger partial charge in [0.25, 0.3) is 0 Å². The molecular weight excluding hydrogens is 234 g/mol. The van der Waals surface area contributed by atoms with E-state index in [1.165, 1.54) is 24.0 Å². The normalized spacial score (nSPS) is 26.6. The number of nitrogens with zero attached hydrogens (tertiary/aromatic N) is 2. The molecule has 3 nitrogen and oxygen atoms in total. The third kappa shape index (κ3) is 2.11. The first-order chi connectivity index (χ1) is 9.15. The second kappa shape index (κ2) is 4.55. The van der Waals surface area contributed by atoms with Gasteiger partial charge < -0.3 is 10.6 Å². The van der Waals surface area contributed by atoms with Crippen molar-refractivity contribution in [2.75, 3.05) is 13.1 Å². The zero-order valence-corrected chi connectivity index (χ0v) is 11.9. The maximum Gasteiger partial charge on any atom is 0.192 e. The number of aryl methyl sites for hydroxylation is 1. The summed E-state index contributed by atoms with van der Waals surface area (Å²) in [5, 5.41) is 0. The first-order valence-corrected chi connectivity index (χ1v) is 7.30. The molecule has 1 aliphatic carbocycles. The smallest absolute Gasteiger partial charge is 0.192 e. The summed E-state index contributed by atoms with van der Waals surface area (Å²) in [5.41, 5.74) is 8.79. The van der Waals surface area contributed by atoms with Crippen LogP contribution in [0.1, 0.15) is 37.3 Å². The van der Waals surface area contributed by atoms with Gasteiger partial charge in [-0.2, -0.15) is 0 Å². The molecule has 102 valence electrons. The van der Waals surface area contributed by atoms with Crippen LogP contribution in [0.15, 0.2) is 29.3 Å². The molecule has 0 spiro atoms. The quantitative estimate of drug-likeness (QED) is 0.901. The Labute approximate surface area is 115 Å². The molecule has 1 heterocycles. The molecule has 1 aromatic carbocycles. The monoisotopic (exact) mass is 257 g/mol. The van der Waals surface area contributed by atoms with Crippen LogP contribution in [0.2, 0.25) is 0 Å². The summed E-state index contributed by atoms with van der Waals surface area (Å²) in [6.45, 7) is 6.24. The predicted molar refractivity (Wildman–Crippen MR) is 79.1 cm³/mol. The van der Waals surface area contributed by atoms with Crippen molar-refractivity contribution >= 4 is 5.96 Å². The Morgan fingerprint density at radius 3 is 2.58 bits per heavy atom. The average molecular weight is 257 g/mol. The molecule has 0 bridgehead atoms. The van der Waals surface area contributed by atoms with Gasteiger partial charge >= 0.3 is 0 Å². The molecule has 0 aromatic heterocycles. The highest BCUT2D eigenvalue weighted by Crippen LogP contribution is 2.40. The highest BCUT2D eigenvalue weighted by atomic mass is 15.4. The van der Waals surface area contributed by atoms with Gasteiger partial charge in [-0.3, -0.25) is 4.99 Å². The van der Waals surface area contributed by atoms with Gasteiger partial charge in [-0.25, -0.2) is 0 Å². The van der Waals surface area contributed by atoms with Crippen molar-refractivity contribution in [2.24, 2.45) is 16.6 Å². The van der Waals surface area contributed by atoms with Crippen LogP contribution < -0.4 is 5.73 Å².